The molecule has 0 saturated carbocycles. The lowest BCUT2D eigenvalue weighted by Crippen LogP contribution is -2.28. The minimum atomic E-state index is -0.567. The van der Waals surface area contributed by atoms with Gasteiger partial charge in [0, 0.05) is 0 Å². The molecule has 0 aromatic heterocycles. The number of carbonyl (C=O) groups excluding carboxylic acids is 1. The highest BCUT2D eigenvalue weighted by molar-refractivity contribution is 7.80. The normalized spacial score (nSPS) is 17.2. The summed E-state index contributed by atoms with van der Waals surface area (Å²) in [5.41, 5.74) is 9.67. The number of carbonyl (C=O) groups is 1. The molecular formula is C11H11N5O2S. The molecule has 0 bridgehead atoms. The van der Waals surface area contributed by atoms with Crippen LogP contribution in [0.3, 0.4) is 0 Å². The zero-order valence-electron chi connectivity index (χ0n) is 10.0. The molecule has 19 heavy (non-hydrogen) atoms. The monoisotopic (exact) mass is 277 g/mol. The number of thiocarbonyl (C=S) groups is 1. The molecule has 7 nitrogen and oxygen atoms in total. The van der Waals surface area contributed by atoms with E-state index in [2.05, 4.69) is 28.0 Å². The van der Waals surface area contributed by atoms with Crippen LogP contribution >= 0.6 is 12.2 Å². The fourth-order valence-electron chi connectivity index (χ4n) is 1.42. The van der Waals surface area contributed by atoms with Crippen molar-refractivity contribution in [2.45, 2.75) is 6.92 Å². The molecule has 3 N–H and O–H groups in total. The maximum Gasteiger partial charge on any atom is 0.378 e. The predicted octanol–water partition coefficient (Wildman–Crippen LogP) is 1.32. The molecule has 98 valence electrons. The van der Waals surface area contributed by atoms with Gasteiger partial charge in [-0.15, -0.1) is 5.11 Å². The summed E-state index contributed by atoms with van der Waals surface area (Å²) in [6, 6.07) is 7.49. The molecule has 1 aliphatic rings. The summed E-state index contributed by atoms with van der Waals surface area (Å²) in [6.45, 7) is 1.97. The van der Waals surface area contributed by atoms with Crippen molar-refractivity contribution in [3.05, 3.63) is 41.7 Å². The van der Waals surface area contributed by atoms with Crippen molar-refractivity contribution in [1.29, 1.82) is 0 Å². The summed E-state index contributed by atoms with van der Waals surface area (Å²) in [4.78, 5) is 16.3. The van der Waals surface area contributed by atoms with Gasteiger partial charge in [-0.25, -0.2) is 9.80 Å². The van der Waals surface area contributed by atoms with Crippen LogP contribution < -0.4 is 16.3 Å². The van der Waals surface area contributed by atoms with Gasteiger partial charge in [-0.3, -0.25) is 0 Å². The molecule has 1 heterocycles. The van der Waals surface area contributed by atoms with Crippen LogP contribution in [0.25, 0.3) is 0 Å². The summed E-state index contributed by atoms with van der Waals surface area (Å²) >= 11 is 4.55. The van der Waals surface area contributed by atoms with E-state index in [1.165, 1.54) is 11.2 Å². The SMILES string of the molecule is Cc1ccc(N2NOC(=O)/C2=C\N=NC(N)=S)cc1. The number of nitrogens with one attached hydrogen (secondary N) is 1. The highest BCUT2D eigenvalue weighted by Crippen LogP contribution is 2.22. The Morgan fingerprint density at radius 1 is 1.47 bits per heavy atom. The number of benzene rings is 1. The summed E-state index contributed by atoms with van der Waals surface area (Å²) < 4.78 is 0. The fraction of sp³-hybridized carbons (Fsp3) is 0.0909. The molecule has 0 amide bonds. The van der Waals surface area contributed by atoms with Gasteiger partial charge in [0.05, 0.1) is 11.9 Å². The number of hydrogen-bond donors (Lipinski definition) is 2. The van der Waals surface area contributed by atoms with E-state index in [9.17, 15) is 4.79 Å². The number of aryl methyl sites for hydroxylation is 1. The maximum atomic E-state index is 11.5. The minimum absolute atomic E-state index is 0.113. The van der Waals surface area contributed by atoms with Gasteiger partial charge in [-0.2, -0.15) is 5.11 Å². The van der Waals surface area contributed by atoms with Gasteiger partial charge in [-0.1, -0.05) is 23.3 Å². The highest BCUT2D eigenvalue weighted by atomic mass is 32.1. The standard InChI is InChI=1S/C11H11N5O2S/c1-7-2-4-8(5-3-7)16-9(10(17)18-15-16)6-13-14-11(12)19/h2-6,15H,1H3,(H2,12,19)/b9-6+,14-13?. The maximum absolute atomic E-state index is 11.5. The number of nitrogens with two attached hydrogens (primary N) is 1. The van der Waals surface area contributed by atoms with Gasteiger partial charge in [-0.05, 0) is 31.3 Å². The second-order valence-electron chi connectivity index (χ2n) is 3.72. The number of anilines is 1. The Kier molecular flexibility index (Phi) is 3.83. The number of hydrazine groups is 1. The molecule has 8 heteroatoms. The largest absolute Gasteiger partial charge is 0.378 e. The van der Waals surface area contributed by atoms with Crippen LogP contribution in [0, 0.1) is 6.92 Å². The molecule has 1 fully saturated rings. The van der Waals surface area contributed by atoms with E-state index in [-0.39, 0.29) is 10.8 Å². The number of rotatable bonds is 2. The third-order valence-corrected chi connectivity index (χ3v) is 2.39. The Bertz CT molecular complexity index is 567. The zero-order valence-corrected chi connectivity index (χ0v) is 10.8. The third-order valence-electron chi connectivity index (χ3n) is 2.31. The van der Waals surface area contributed by atoms with Gasteiger partial charge < -0.3 is 10.6 Å². The molecule has 2 rings (SSSR count). The Morgan fingerprint density at radius 2 is 2.16 bits per heavy atom. The first kappa shape index (κ1) is 13.1. The molecule has 0 spiro atoms. The Labute approximate surface area is 114 Å². The van der Waals surface area contributed by atoms with Gasteiger partial charge in [0.1, 0.15) is 0 Å². The summed E-state index contributed by atoms with van der Waals surface area (Å²) in [5.74, 6) is -0.567. The molecular weight excluding hydrogens is 266 g/mol. The van der Waals surface area contributed by atoms with Crippen molar-refractivity contribution in [3.63, 3.8) is 0 Å². The lowest BCUT2D eigenvalue weighted by Gasteiger charge is -2.14. The van der Waals surface area contributed by atoms with Gasteiger partial charge in [0.15, 0.2) is 5.70 Å². The van der Waals surface area contributed by atoms with Crippen LogP contribution in [0.1, 0.15) is 5.56 Å². The molecule has 0 aliphatic carbocycles. The number of nitrogens with zero attached hydrogens (tertiary/aromatic N) is 3. The minimum Gasteiger partial charge on any atom is -0.373 e. The molecule has 0 radical (unpaired) electrons. The van der Waals surface area contributed by atoms with Crippen LogP contribution in [0.15, 0.2) is 46.4 Å². The van der Waals surface area contributed by atoms with E-state index in [4.69, 9.17) is 10.6 Å². The van der Waals surface area contributed by atoms with Crippen LogP contribution in [0.4, 0.5) is 5.69 Å². The van der Waals surface area contributed by atoms with Gasteiger partial charge in [0.25, 0.3) is 0 Å². The van der Waals surface area contributed by atoms with Crippen molar-refractivity contribution in [1.82, 2.24) is 5.59 Å². The summed E-state index contributed by atoms with van der Waals surface area (Å²) in [5, 5.41) is 8.40. The number of azo groups is 1. The summed E-state index contributed by atoms with van der Waals surface area (Å²) in [7, 11) is 0. The van der Waals surface area contributed by atoms with Crippen molar-refractivity contribution in [2.75, 3.05) is 5.01 Å². The third kappa shape index (κ3) is 3.12. The van der Waals surface area contributed by atoms with Crippen LogP contribution in [0.5, 0.6) is 0 Å². The predicted molar refractivity (Wildman–Crippen MR) is 72.6 cm³/mol. The Morgan fingerprint density at radius 3 is 2.79 bits per heavy atom. The van der Waals surface area contributed by atoms with Crippen molar-refractivity contribution < 1.29 is 9.63 Å². The Balaban J connectivity index is 2.26. The van der Waals surface area contributed by atoms with Crippen molar-refractivity contribution >= 4 is 29.0 Å². The fourth-order valence-corrected chi connectivity index (χ4v) is 1.46. The van der Waals surface area contributed by atoms with Crippen molar-refractivity contribution in [3.8, 4) is 0 Å². The Hall–Kier alpha value is -2.32. The second kappa shape index (κ2) is 5.55. The van der Waals surface area contributed by atoms with Gasteiger partial charge in [0.2, 0.25) is 5.11 Å². The zero-order chi connectivity index (χ0) is 13.8. The highest BCUT2D eigenvalue weighted by Gasteiger charge is 2.29. The first-order chi connectivity index (χ1) is 9.08. The summed E-state index contributed by atoms with van der Waals surface area (Å²) in [6.07, 6.45) is 1.22. The van der Waals surface area contributed by atoms with E-state index >= 15 is 0 Å². The first-order valence-corrected chi connectivity index (χ1v) is 5.73. The first-order valence-electron chi connectivity index (χ1n) is 5.32. The van der Waals surface area contributed by atoms with Crippen LogP contribution in [-0.4, -0.2) is 11.1 Å². The average molecular weight is 277 g/mol. The van der Waals surface area contributed by atoms with E-state index < -0.39 is 5.97 Å². The van der Waals surface area contributed by atoms with E-state index in [1.807, 2.05) is 31.2 Å². The smallest absolute Gasteiger partial charge is 0.373 e. The van der Waals surface area contributed by atoms with Crippen LogP contribution in [0.2, 0.25) is 0 Å². The molecule has 1 aromatic rings. The van der Waals surface area contributed by atoms with E-state index in [0.29, 0.717) is 0 Å². The molecule has 1 aromatic carbocycles. The quantitative estimate of drug-likeness (QED) is 0.481. The van der Waals surface area contributed by atoms with E-state index in [0.717, 1.165) is 11.3 Å². The topological polar surface area (TPSA) is 92.3 Å². The lowest BCUT2D eigenvalue weighted by molar-refractivity contribution is -0.140. The van der Waals surface area contributed by atoms with Crippen LogP contribution in [-0.2, 0) is 9.63 Å². The van der Waals surface area contributed by atoms with E-state index in [1.54, 1.807) is 0 Å². The van der Waals surface area contributed by atoms with Crippen molar-refractivity contribution in [2.24, 2.45) is 16.0 Å². The molecule has 1 aliphatic heterocycles. The molecule has 1 saturated heterocycles. The second-order valence-corrected chi connectivity index (χ2v) is 4.14. The molecule has 0 atom stereocenters. The lowest BCUT2D eigenvalue weighted by atomic mass is 10.2. The van der Waals surface area contributed by atoms with Gasteiger partial charge >= 0.3 is 5.97 Å². The average Bonchev–Trinajstić information content (AvgIpc) is 2.72. The number of hydrogen-bond acceptors (Lipinski definition) is 6. The molecule has 0 unspecified atom stereocenters.